The van der Waals surface area contributed by atoms with E-state index in [0.717, 1.165) is 4.20 Å². The number of thiocarbonyl (C=S) groups is 1. The molecule has 2 heteroatoms. The van der Waals surface area contributed by atoms with Crippen molar-refractivity contribution in [1.82, 2.24) is 0 Å². The molecule has 0 unspecified atom stereocenters. The first-order valence-corrected chi connectivity index (χ1v) is 14.8. The van der Waals surface area contributed by atoms with E-state index < -0.39 is 4.75 Å². The van der Waals surface area contributed by atoms with Gasteiger partial charge in [0, 0.05) is 4.20 Å². The van der Waals surface area contributed by atoms with Crippen LogP contribution in [0.5, 0.6) is 0 Å². The Labute approximate surface area is 247 Å². The summed E-state index contributed by atoms with van der Waals surface area (Å²) in [6, 6.07) is 52.5. The van der Waals surface area contributed by atoms with Crippen LogP contribution < -0.4 is 0 Å². The first-order chi connectivity index (χ1) is 19.6. The lowest BCUT2D eigenvalue weighted by Gasteiger charge is -2.37. The quantitative estimate of drug-likeness (QED) is 0.193. The Morgan fingerprint density at radius 1 is 0.500 bits per heavy atom. The zero-order chi connectivity index (χ0) is 27.5. The van der Waals surface area contributed by atoms with Crippen molar-refractivity contribution in [2.24, 2.45) is 0 Å². The number of aryl methyl sites for hydroxylation is 1. The van der Waals surface area contributed by atoms with Gasteiger partial charge in [0.1, 0.15) is 0 Å². The molecule has 0 amide bonds. The maximum absolute atomic E-state index is 5.96. The molecular formula is C38H30S2. The van der Waals surface area contributed by atoms with Crippen LogP contribution >= 0.6 is 24.0 Å². The topological polar surface area (TPSA) is 0 Å². The molecule has 0 aromatic heterocycles. The van der Waals surface area contributed by atoms with E-state index in [-0.39, 0.29) is 0 Å². The summed E-state index contributed by atoms with van der Waals surface area (Å²) in [6.45, 7) is 4.21. The molecule has 0 N–H and O–H groups in total. The number of hydrogen-bond donors (Lipinski definition) is 0. The molecule has 0 radical (unpaired) electrons. The number of allylic oxidation sites excluding steroid dienone is 2. The minimum Gasteiger partial charge on any atom is -0.0976 e. The molecule has 1 aliphatic carbocycles. The minimum atomic E-state index is -0.571. The Kier molecular flexibility index (Phi) is 7.38. The molecule has 40 heavy (non-hydrogen) atoms. The summed E-state index contributed by atoms with van der Waals surface area (Å²) in [5, 5.41) is 0. The Morgan fingerprint density at radius 3 is 1.20 bits per heavy atom. The second-order valence-electron chi connectivity index (χ2n) is 10.1. The van der Waals surface area contributed by atoms with Crippen molar-refractivity contribution in [2.45, 2.75) is 18.6 Å². The van der Waals surface area contributed by atoms with E-state index in [1.807, 2.05) is 0 Å². The predicted molar refractivity (Wildman–Crippen MR) is 178 cm³/mol. The second kappa shape index (κ2) is 11.3. The molecule has 5 aromatic rings. The maximum Gasteiger partial charge on any atom is 0.0982 e. The van der Waals surface area contributed by atoms with Crippen LogP contribution in [0.15, 0.2) is 146 Å². The normalized spacial score (nSPS) is 14.4. The minimum absolute atomic E-state index is 0.571. The highest BCUT2D eigenvalue weighted by Gasteiger charge is 2.50. The van der Waals surface area contributed by atoms with Crippen molar-refractivity contribution >= 4 is 50.5 Å². The van der Waals surface area contributed by atoms with Crippen LogP contribution in [0, 0.1) is 6.92 Å². The average molecular weight is 551 g/mol. The largest absolute Gasteiger partial charge is 0.0982 e. The first-order valence-electron chi connectivity index (χ1n) is 13.6. The van der Waals surface area contributed by atoms with Crippen LogP contribution in [0.2, 0.25) is 0 Å². The van der Waals surface area contributed by atoms with Gasteiger partial charge in [-0.05, 0) is 64.0 Å². The summed E-state index contributed by atoms with van der Waals surface area (Å²) in [6.07, 6.45) is 0. The third-order valence-corrected chi connectivity index (χ3v) is 8.95. The van der Waals surface area contributed by atoms with Crippen molar-refractivity contribution < 1.29 is 0 Å². The fourth-order valence-corrected chi connectivity index (χ4v) is 7.58. The Bertz CT molecular complexity index is 1600. The fraction of sp³-hybridized carbons (Fsp3) is 0.0789. The molecule has 0 heterocycles. The summed E-state index contributed by atoms with van der Waals surface area (Å²) >= 11 is 7.75. The zero-order valence-corrected chi connectivity index (χ0v) is 24.3. The summed E-state index contributed by atoms with van der Waals surface area (Å²) in [5.74, 6) is 0. The molecule has 6 rings (SSSR count). The van der Waals surface area contributed by atoms with E-state index in [0.29, 0.717) is 0 Å². The molecule has 0 spiro atoms. The van der Waals surface area contributed by atoms with Gasteiger partial charge in [0.2, 0.25) is 0 Å². The highest BCUT2D eigenvalue weighted by Crippen LogP contribution is 2.66. The number of thioether (sulfide) groups is 1. The summed E-state index contributed by atoms with van der Waals surface area (Å²) in [5.41, 5.74) is 12.3. The van der Waals surface area contributed by atoms with Crippen LogP contribution in [-0.2, 0) is 4.75 Å². The maximum atomic E-state index is 5.96. The lowest BCUT2D eigenvalue weighted by atomic mass is 9.79. The molecule has 5 aromatic carbocycles. The van der Waals surface area contributed by atoms with Crippen molar-refractivity contribution in [3.63, 3.8) is 0 Å². The molecule has 0 saturated carbocycles. The van der Waals surface area contributed by atoms with Gasteiger partial charge in [-0.1, -0.05) is 175 Å². The van der Waals surface area contributed by atoms with E-state index >= 15 is 0 Å². The summed E-state index contributed by atoms with van der Waals surface area (Å²) in [4.78, 5) is 0. The molecule has 0 fully saturated rings. The van der Waals surface area contributed by atoms with E-state index in [2.05, 4.69) is 159 Å². The van der Waals surface area contributed by atoms with Crippen molar-refractivity contribution in [2.75, 3.05) is 0 Å². The lowest BCUT2D eigenvalue weighted by molar-refractivity contribution is 1.06. The molecule has 0 bridgehead atoms. The molecule has 0 saturated heterocycles. The third-order valence-electron chi connectivity index (χ3n) is 7.46. The van der Waals surface area contributed by atoms with Gasteiger partial charge in [0.05, 0.1) is 4.75 Å². The van der Waals surface area contributed by atoms with E-state index in [9.17, 15) is 0 Å². The van der Waals surface area contributed by atoms with Crippen LogP contribution in [0.4, 0.5) is 0 Å². The van der Waals surface area contributed by atoms with E-state index in [1.54, 1.807) is 11.8 Å². The van der Waals surface area contributed by atoms with Gasteiger partial charge in [0.25, 0.3) is 0 Å². The molecule has 0 nitrogen and oxygen atoms in total. The standard InChI is InChI=1S/C38H30S2/c1-27-23-25-33(26-24-27)38(40-28(2)39)36(31-19-11-5-12-20-31)34(29-15-7-3-8-16-29)35(30-17-9-4-10-18-30)37(38)32-21-13-6-14-22-32/h3-26H,1-2H3. The van der Waals surface area contributed by atoms with Crippen molar-refractivity contribution in [1.29, 1.82) is 0 Å². The second-order valence-corrected chi connectivity index (χ2v) is 12.4. The Hall–Kier alpha value is -3.98. The van der Waals surface area contributed by atoms with E-state index in [1.165, 1.54) is 55.7 Å². The number of benzene rings is 5. The van der Waals surface area contributed by atoms with Gasteiger partial charge in [-0.25, -0.2) is 0 Å². The Balaban J connectivity index is 1.88. The smallest absolute Gasteiger partial charge is 0.0976 e. The van der Waals surface area contributed by atoms with Crippen molar-refractivity contribution in [3.05, 3.63) is 179 Å². The van der Waals surface area contributed by atoms with E-state index in [4.69, 9.17) is 12.2 Å². The monoisotopic (exact) mass is 550 g/mol. The number of rotatable bonds is 6. The van der Waals surface area contributed by atoms with Crippen LogP contribution in [0.3, 0.4) is 0 Å². The lowest BCUT2D eigenvalue weighted by Crippen LogP contribution is -2.25. The fourth-order valence-electron chi connectivity index (χ4n) is 5.87. The third kappa shape index (κ3) is 4.68. The number of hydrogen-bond acceptors (Lipinski definition) is 2. The van der Waals surface area contributed by atoms with Gasteiger partial charge in [-0.15, -0.1) is 0 Å². The highest BCUT2D eigenvalue weighted by atomic mass is 32.2. The van der Waals surface area contributed by atoms with Crippen molar-refractivity contribution in [3.8, 4) is 0 Å². The SMILES string of the molecule is CC(=S)SC1(c2ccc(C)cc2)C(c2ccccc2)=C(c2ccccc2)C(c2ccccc2)=C1c1ccccc1. The molecule has 0 atom stereocenters. The summed E-state index contributed by atoms with van der Waals surface area (Å²) < 4.78 is 0.336. The molecule has 0 aliphatic heterocycles. The zero-order valence-electron chi connectivity index (χ0n) is 22.7. The van der Waals surface area contributed by atoms with Gasteiger partial charge in [-0.3, -0.25) is 0 Å². The average Bonchev–Trinajstić information content (AvgIpc) is 3.30. The highest BCUT2D eigenvalue weighted by molar-refractivity contribution is 8.24. The Morgan fingerprint density at radius 2 is 0.850 bits per heavy atom. The van der Waals surface area contributed by atoms with Crippen LogP contribution in [-0.4, -0.2) is 4.20 Å². The molecule has 1 aliphatic rings. The molecule has 194 valence electrons. The van der Waals surface area contributed by atoms with Crippen LogP contribution in [0.25, 0.3) is 22.3 Å². The van der Waals surface area contributed by atoms with Crippen LogP contribution in [0.1, 0.15) is 40.3 Å². The van der Waals surface area contributed by atoms with Gasteiger partial charge in [0.15, 0.2) is 0 Å². The first kappa shape index (κ1) is 26.3. The van der Waals surface area contributed by atoms with Gasteiger partial charge in [-0.2, -0.15) is 0 Å². The summed E-state index contributed by atoms with van der Waals surface area (Å²) in [7, 11) is 0. The predicted octanol–water partition coefficient (Wildman–Crippen LogP) is 10.5. The van der Waals surface area contributed by atoms with Gasteiger partial charge >= 0.3 is 0 Å². The van der Waals surface area contributed by atoms with Gasteiger partial charge < -0.3 is 0 Å². The molecular weight excluding hydrogens is 521 g/mol.